The third kappa shape index (κ3) is 3.32. The van der Waals surface area contributed by atoms with Gasteiger partial charge in [0, 0.05) is 13.8 Å². The zero-order valence-electron chi connectivity index (χ0n) is 11.9. The molecule has 1 aliphatic heterocycles. The Morgan fingerprint density at radius 3 is 2.24 bits per heavy atom. The number of rotatable bonds is 2. The third-order valence-electron chi connectivity index (χ3n) is 3.02. The molecule has 0 aliphatic carbocycles. The second-order valence-corrected chi connectivity index (χ2v) is 5.23. The van der Waals surface area contributed by atoms with E-state index in [1.807, 2.05) is 0 Å². The molecular formula is C14H15BO6. The molecule has 2 rings (SSSR count). The first-order valence-corrected chi connectivity index (χ1v) is 6.35. The van der Waals surface area contributed by atoms with Gasteiger partial charge in [-0.2, -0.15) is 0 Å². The molecule has 0 amide bonds. The SMILES string of the molecule is Cc1ccc(B(O)O)cc1C=C1C(=O)OC(C)(C)OC1=O. The summed E-state index contributed by atoms with van der Waals surface area (Å²) in [4.78, 5) is 23.7. The van der Waals surface area contributed by atoms with Crippen molar-refractivity contribution in [2.75, 3.05) is 0 Å². The molecule has 0 aromatic heterocycles. The summed E-state index contributed by atoms with van der Waals surface area (Å²) in [5, 5.41) is 18.3. The first-order chi connectivity index (χ1) is 9.69. The van der Waals surface area contributed by atoms with Crippen LogP contribution in [0.3, 0.4) is 0 Å². The summed E-state index contributed by atoms with van der Waals surface area (Å²) in [6.07, 6.45) is 1.32. The Bertz CT molecular complexity index is 610. The van der Waals surface area contributed by atoms with Crippen molar-refractivity contribution in [3.63, 3.8) is 0 Å². The number of carbonyl (C=O) groups is 2. The summed E-state index contributed by atoms with van der Waals surface area (Å²) in [6, 6.07) is 4.68. The highest BCUT2D eigenvalue weighted by molar-refractivity contribution is 6.58. The second kappa shape index (κ2) is 5.35. The van der Waals surface area contributed by atoms with E-state index >= 15 is 0 Å². The molecule has 7 heteroatoms. The number of carbonyl (C=O) groups excluding carboxylic acids is 2. The van der Waals surface area contributed by atoms with Crippen molar-refractivity contribution in [3.05, 3.63) is 34.9 Å². The molecule has 1 aromatic carbocycles. The molecule has 0 bridgehead atoms. The summed E-state index contributed by atoms with van der Waals surface area (Å²) in [6.45, 7) is 4.70. The number of hydrogen-bond acceptors (Lipinski definition) is 6. The standard InChI is InChI=1S/C14H15BO6/c1-8-4-5-10(15(18)19)6-9(8)7-11-12(16)20-14(2,3)21-13(11)17/h4-7,18-19H,1-3H3. The molecule has 1 aromatic rings. The normalized spacial score (nSPS) is 17.1. The molecule has 2 N–H and O–H groups in total. The van der Waals surface area contributed by atoms with E-state index in [0.29, 0.717) is 5.56 Å². The van der Waals surface area contributed by atoms with E-state index in [-0.39, 0.29) is 11.0 Å². The lowest BCUT2D eigenvalue weighted by Gasteiger charge is -2.29. The van der Waals surface area contributed by atoms with Gasteiger partial charge in [0.2, 0.25) is 0 Å². The third-order valence-corrected chi connectivity index (χ3v) is 3.02. The van der Waals surface area contributed by atoms with Crippen molar-refractivity contribution in [1.29, 1.82) is 0 Å². The van der Waals surface area contributed by atoms with Gasteiger partial charge < -0.3 is 19.5 Å². The van der Waals surface area contributed by atoms with Gasteiger partial charge in [0.1, 0.15) is 5.57 Å². The molecule has 0 atom stereocenters. The van der Waals surface area contributed by atoms with Crippen LogP contribution in [0.4, 0.5) is 0 Å². The predicted molar refractivity (Wildman–Crippen MR) is 75.2 cm³/mol. The fourth-order valence-electron chi connectivity index (χ4n) is 1.91. The van der Waals surface area contributed by atoms with Crippen molar-refractivity contribution in [3.8, 4) is 0 Å². The number of hydrogen-bond donors (Lipinski definition) is 2. The van der Waals surface area contributed by atoms with Gasteiger partial charge in [-0.3, -0.25) is 0 Å². The number of esters is 2. The molecule has 0 unspecified atom stereocenters. The van der Waals surface area contributed by atoms with E-state index in [4.69, 9.17) is 19.5 Å². The van der Waals surface area contributed by atoms with Gasteiger partial charge in [-0.1, -0.05) is 18.2 Å². The van der Waals surface area contributed by atoms with Crippen LogP contribution in [0, 0.1) is 6.92 Å². The summed E-state index contributed by atoms with van der Waals surface area (Å²) < 4.78 is 9.99. The highest BCUT2D eigenvalue weighted by Gasteiger charge is 2.38. The molecule has 110 valence electrons. The molecule has 21 heavy (non-hydrogen) atoms. The minimum Gasteiger partial charge on any atom is -0.423 e. The van der Waals surface area contributed by atoms with E-state index in [1.165, 1.54) is 26.0 Å². The van der Waals surface area contributed by atoms with Crippen LogP contribution in [0.2, 0.25) is 0 Å². The first kappa shape index (κ1) is 15.3. The largest absolute Gasteiger partial charge is 0.488 e. The lowest BCUT2D eigenvalue weighted by molar-refractivity contribution is -0.222. The van der Waals surface area contributed by atoms with Crippen molar-refractivity contribution in [1.82, 2.24) is 0 Å². The van der Waals surface area contributed by atoms with Gasteiger partial charge in [-0.25, -0.2) is 9.59 Å². The number of benzene rings is 1. The Morgan fingerprint density at radius 1 is 1.14 bits per heavy atom. The minimum absolute atomic E-state index is 0.234. The Labute approximate surface area is 122 Å². The van der Waals surface area contributed by atoms with E-state index < -0.39 is 24.8 Å². The van der Waals surface area contributed by atoms with Crippen LogP contribution >= 0.6 is 0 Å². The number of aryl methyl sites for hydroxylation is 1. The van der Waals surface area contributed by atoms with E-state index in [1.54, 1.807) is 19.1 Å². The van der Waals surface area contributed by atoms with Crippen LogP contribution in [-0.4, -0.2) is 34.9 Å². The maximum absolute atomic E-state index is 11.9. The Hall–Kier alpha value is -2.12. The molecular weight excluding hydrogens is 275 g/mol. The van der Waals surface area contributed by atoms with E-state index in [9.17, 15) is 9.59 Å². The fraction of sp³-hybridized carbons (Fsp3) is 0.286. The van der Waals surface area contributed by atoms with Crippen LogP contribution in [0.15, 0.2) is 23.8 Å². The van der Waals surface area contributed by atoms with Gasteiger partial charge >= 0.3 is 19.1 Å². The van der Waals surface area contributed by atoms with Gasteiger partial charge in [-0.05, 0) is 29.6 Å². The molecule has 1 fully saturated rings. The maximum Gasteiger partial charge on any atom is 0.488 e. The number of ether oxygens (including phenoxy) is 2. The Balaban J connectivity index is 2.42. The molecule has 1 aliphatic rings. The summed E-state index contributed by atoms with van der Waals surface area (Å²) >= 11 is 0. The van der Waals surface area contributed by atoms with Crippen LogP contribution in [-0.2, 0) is 19.1 Å². The highest BCUT2D eigenvalue weighted by atomic mass is 16.7. The van der Waals surface area contributed by atoms with Crippen molar-refractivity contribution < 1.29 is 29.1 Å². The minimum atomic E-state index is -1.63. The summed E-state index contributed by atoms with van der Waals surface area (Å²) in [7, 11) is -1.63. The average Bonchev–Trinajstić information content (AvgIpc) is 2.34. The second-order valence-electron chi connectivity index (χ2n) is 5.23. The Morgan fingerprint density at radius 2 is 1.71 bits per heavy atom. The smallest absolute Gasteiger partial charge is 0.423 e. The van der Waals surface area contributed by atoms with Crippen molar-refractivity contribution >= 4 is 30.6 Å². The predicted octanol–water partition coefficient (Wildman–Crippen LogP) is -0.106. The quantitative estimate of drug-likeness (QED) is 0.342. The van der Waals surface area contributed by atoms with E-state index in [0.717, 1.165) is 5.56 Å². The van der Waals surface area contributed by atoms with E-state index in [2.05, 4.69) is 0 Å². The van der Waals surface area contributed by atoms with Gasteiger partial charge in [0.15, 0.2) is 0 Å². The first-order valence-electron chi connectivity index (χ1n) is 6.35. The maximum atomic E-state index is 11.9. The Kier molecular flexibility index (Phi) is 3.89. The molecule has 0 radical (unpaired) electrons. The molecule has 6 nitrogen and oxygen atoms in total. The van der Waals surface area contributed by atoms with Gasteiger partial charge in [-0.15, -0.1) is 0 Å². The van der Waals surface area contributed by atoms with Crippen LogP contribution < -0.4 is 5.46 Å². The lowest BCUT2D eigenvalue weighted by Crippen LogP contribution is -2.41. The van der Waals surface area contributed by atoms with Crippen LogP contribution in [0.25, 0.3) is 6.08 Å². The molecule has 1 saturated heterocycles. The zero-order valence-corrected chi connectivity index (χ0v) is 11.9. The topological polar surface area (TPSA) is 93.1 Å². The summed E-state index contributed by atoms with van der Waals surface area (Å²) in [5.41, 5.74) is 1.29. The van der Waals surface area contributed by atoms with Gasteiger partial charge in [0.05, 0.1) is 0 Å². The monoisotopic (exact) mass is 290 g/mol. The van der Waals surface area contributed by atoms with Crippen LogP contribution in [0.1, 0.15) is 25.0 Å². The summed E-state index contributed by atoms with van der Waals surface area (Å²) in [5.74, 6) is -2.83. The highest BCUT2D eigenvalue weighted by Crippen LogP contribution is 2.24. The molecule has 0 spiro atoms. The number of cyclic esters (lactones) is 2. The van der Waals surface area contributed by atoms with Gasteiger partial charge in [0.25, 0.3) is 5.79 Å². The van der Waals surface area contributed by atoms with Crippen molar-refractivity contribution in [2.24, 2.45) is 0 Å². The zero-order chi connectivity index (χ0) is 15.8. The fourth-order valence-corrected chi connectivity index (χ4v) is 1.91. The molecule has 0 saturated carbocycles. The molecule has 1 heterocycles. The van der Waals surface area contributed by atoms with Crippen molar-refractivity contribution in [2.45, 2.75) is 26.6 Å². The lowest BCUT2D eigenvalue weighted by atomic mass is 9.79. The average molecular weight is 290 g/mol. The van der Waals surface area contributed by atoms with Crippen LogP contribution in [0.5, 0.6) is 0 Å².